The molecule has 1 N–H and O–H groups in total. The Morgan fingerprint density at radius 3 is 2.74 bits per heavy atom. The molecule has 2 aromatic rings. The van der Waals surface area contributed by atoms with Gasteiger partial charge >= 0.3 is 5.97 Å². The molecule has 0 spiro atoms. The molecular formula is C12H17N5O2. The van der Waals surface area contributed by atoms with Crippen molar-refractivity contribution < 1.29 is 9.90 Å². The molecule has 0 saturated heterocycles. The Morgan fingerprint density at radius 2 is 2.21 bits per heavy atom. The van der Waals surface area contributed by atoms with E-state index in [1.165, 1.54) is 0 Å². The Morgan fingerprint density at radius 1 is 1.47 bits per heavy atom. The summed E-state index contributed by atoms with van der Waals surface area (Å²) in [7, 11) is 0. The minimum Gasteiger partial charge on any atom is -0.476 e. The summed E-state index contributed by atoms with van der Waals surface area (Å²) in [5, 5.41) is 21.0. The number of rotatable bonds is 5. The van der Waals surface area contributed by atoms with E-state index in [0.717, 1.165) is 12.1 Å². The predicted molar refractivity (Wildman–Crippen MR) is 68.1 cm³/mol. The smallest absolute Gasteiger partial charge is 0.358 e. The van der Waals surface area contributed by atoms with E-state index in [0.29, 0.717) is 12.2 Å². The summed E-state index contributed by atoms with van der Waals surface area (Å²) in [6.45, 7) is 7.14. The van der Waals surface area contributed by atoms with E-state index in [2.05, 4.69) is 15.4 Å². The molecule has 19 heavy (non-hydrogen) atoms. The third-order valence-electron chi connectivity index (χ3n) is 2.87. The highest BCUT2D eigenvalue weighted by atomic mass is 16.4. The summed E-state index contributed by atoms with van der Waals surface area (Å²) < 4.78 is 3.45. The highest BCUT2D eigenvalue weighted by Crippen LogP contribution is 2.18. The average Bonchev–Trinajstić information content (AvgIpc) is 2.95. The lowest BCUT2D eigenvalue weighted by Crippen LogP contribution is -2.10. The summed E-state index contributed by atoms with van der Waals surface area (Å²) in [4.78, 5) is 11.1. The zero-order valence-corrected chi connectivity index (χ0v) is 11.2. The van der Waals surface area contributed by atoms with E-state index in [4.69, 9.17) is 5.11 Å². The van der Waals surface area contributed by atoms with Crippen LogP contribution in [-0.4, -0.2) is 35.9 Å². The zero-order valence-electron chi connectivity index (χ0n) is 11.2. The molecule has 2 rings (SSSR count). The molecule has 0 bridgehead atoms. The Kier molecular flexibility index (Phi) is 3.64. The fraction of sp³-hybridized carbons (Fsp3) is 0.500. The summed E-state index contributed by atoms with van der Waals surface area (Å²) in [5.41, 5.74) is 1.64. The van der Waals surface area contributed by atoms with Gasteiger partial charge in [0.05, 0.1) is 18.4 Å². The third kappa shape index (κ3) is 2.64. The summed E-state index contributed by atoms with van der Waals surface area (Å²) in [6, 6.07) is 0. The van der Waals surface area contributed by atoms with Crippen molar-refractivity contribution in [2.45, 2.75) is 39.8 Å². The van der Waals surface area contributed by atoms with Crippen LogP contribution < -0.4 is 0 Å². The van der Waals surface area contributed by atoms with Gasteiger partial charge in [0.2, 0.25) is 0 Å². The Hall–Kier alpha value is -2.18. The Labute approximate surface area is 110 Å². The predicted octanol–water partition coefficient (Wildman–Crippen LogP) is 1.36. The van der Waals surface area contributed by atoms with Gasteiger partial charge in [0.25, 0.3) is 0 Å². The van der Waals surface area contributed by atoms with Gasteiger partial charge in [-0.1, -0.05) is 19.1 Å². The molecule has 2 aromatic heterocycles. The van der Waals surface area contributed by atoms with Crippen LogP contribution in [0.1, 0.15) is 48.4 Å². The second-order valence-corrected chi connectivity index (χ2v) is 4.65. The molecule has 102 valence electrons. The third-order valence-corrected chi connectivity index (χ3v) is 2.87. The van der Waals surface area contributed by atoms with Crippen LogP contribution >= 0.6 is 0 Å². The van der Waals surface area contributed by atoms with Gasteiger partial charge in [-0.2, -0.15) is 5.10 Å². The first-order chi connectivity index (χ1) is 9.02. The minimum atomic E-state index is -1.04. The number of hydrogen-bond donors (Lipinski definition) is 1. The average molecular weight is 263 g/mol. The zero-order chi connectivity index (χ0) is 14.0. The lowest BCUT2D eigenvalue weighted by molar-refractivity contribution is 0.0688. The molecule has 0 amide bonds. The lowest BCUT2D eigenvalue weighted by atomic mass is 10.1. The number of aromatic carboxylic acids is 1. The molecule has 0 fully saturated rings. The first-order valence-corrected chi connectivity index (χ1v) is 6.21. The quantitative estimate of drug-likeness (QED) is 0.880. The number of carbonyl (C=O) groups is 1. The first-order valence-electron chi connectivity index (χ1n) is 6.21. The molecule has 2 heterocycles. The van der Waals surface area contributed by atoms with Gasteiger partial charge in [0.15, 0.2) is 5.69 Å². The Balaban J connectivity index is 2.32. The molecule has 0 aliphatic rings. The van der Waals surface area contributed by atoms with E-state index in [9.17, 15) is 4.79 Å². The molecule has 7 heteroatoms. The van der Waals surface area contributed by atoms with Gasteiger partial charge in [-0.3, -0.25) is 4.68 Å². The van der Waals surface area contributed by atoms with Crippen molar-refractivity contribution in [2.75, 3.05) is 0 Å². The number of aryl methyl sites for hydroxylation is 1. The maximum absolute atomic E-state index is 11.1. The number of aromatic nitrogens is 5. The number of hydrogen-bond acceptors (Lipinski definition) is 4. The van der Waals surface area contributed by atoms with Crippen LogP contribution in [-0.2, 0) is 13.1 Å². The van der Waals surface area contributed by atoms with Crippen molar-refractivity contribution >= 4 is 5.97 Å². The van der Waals surface area contributed by atoms with Crippen molar-refractivity contribution in [1.29, 1.82) is 0 Å². The van der Waals surface area contributed by atoms with Crippen LogP contribution in [0.5, 0.6) is 0 Å². The van der Waals surface area contributed by atoms with E-state index >= 15 is 0 Å². The monoisotopic (exact) mass is 263 g/mol. The van der Waals surface area contributed by atoms with Gasteiger partial charge < -0.3 is 5.11 Å². The molecule has 0 aromatic carbocycles. The maximum Gasteiger partial charge on any atom is 0.358 e. The van der Waals surface area contributed by atoms with Gasteiger partial charge in [-0.05, 0) is 12.8 Å². The highest BCUT2D eigenvalue weighted by molar-refractivity contribution is 5.86. The van der Waals surface area contributed by atoms with Crippen LogP contribution in [0.3, 0.4) is 0 Å². The molecule has 0 aliphatic heterocycles. The number of carboxylic acid groups (broad SMARTS) is 1. The summed E-state index contributed by atoms with van der Waals surface area (Å²) in [5.74, 6) is -0.999. The lowest BCUT2D eigenvalue weighted by Gasteiger charge is -2.08. The van der Waals surface area contributed by atoms with Crippen LogP contribution in [0.15, 0.2) is 12.4 Å². The van der Waals surface area contributed by atoms with Gasteiger partial charge in [-0.15, -0.1) is 5.10 Å². The van der Waals surface area contributed by atoms with Gasteiger partial charge in [0, 0.05) is 18.3 Å². The maximum atomic E-state index is 11.1. The van der Waals surface area contributed by atoms with E-state index < -0.39 is 5.97 Å². The second-order valence-electron chi connectivity index (χ2n) is 4.65. The highest BCUT2D eigenvalue weighted by Gasteiger charge is 2.21. The molecule has 0 unspecified atom stereocenters. The van der Waals surface area contributed by atoms with Crippen molar-refractivity contribution in [3.63, 3.8) is 0 Å². The molecular weight excluding hydrogens is 246 g/mol. The van der Waals surface area contributed by atoms with E-state index in [-0.39, 0.29) is 11.6 Å². The Bertz CT molecular complexity index is 585. The van der Waals surface area contributed by atoms with Crippen LogP contribution in [0.4, 0.5) is 0 Å². The number of carboxylic acids is 1. The summed E-state index contributed by atoms with van der Waals surface area (Å²) in [6.07, 6.45) is 3.68. The molecule has 0 radical (unpaired) electrons. The topological polar surface area (TPSA) is 85.8 Å². The van der Waals surface area contributed by atoms with Gasteiger partial charge in [0.1, 0.15) is 0 Å². The van der Waals surface area contributed by atoms with Crippen LogP contribution in [0.2, 0.25) is 0 Å². The van der Waals surface area contributed by atoms with Crippen molar-refractivity contribution in [3.05, 3.63) is 29.3 Å². The molecule has 0 atom stereocenters. The normalized spacial score (nSPS) is 11.2. The molecule has 0 aliphatic carbocycles. The summed E-state index contributed by atoms with van der Waals surface area (Å²) >= 11 is 0. The largest absolute Gasteiger partial charge is 0.476 e. The molecule has 0 saturated carbocycles. The van der Waals surface area contributed by atoms with Crippen LogP contribution in [0.25, 0.3) is 0 Å². The van der Waals surface area contributed by atoms with E-state index in [1.54, 1.807) is 10.9 Å². The van der Waals surface area contributed by atoms with E-state index in [1.807, 2.05) is 31.6 Å². The minimum absolute atomic E-state index is 0.0258. The fourth-order valence-corrected chi connectivity index (χ4v) is 1.99. The first kappa shape index (κ1) is 13.3. The number of nitrogens with zero attached hydrogens (tertiary/aromatic N) is 5. The second kappa shape index (κ2) is 5.21. The van der Waals surface area contributed by atoms with Crippen molar-refractivity contribution in [3.8, 4) is 0 Å². The van der Waals surface area contributed by atoms with Crippen molar-refractivity contribution in [2.24, 2.45) is 0 Å². The van der Waals surface area contributed by atoms with Crippen molar-refractivity contribution in [1.82, 2.24) is 24.8 Å². The van der Waals surface area contributed by atoms with Crippen LogP contribution in [0, 0.1) is 0 Å². The van der Waals surface area contributed by atoms with Gasteiger partial charge in [-0.25, -0.2) is 9.48 Å². The standard InChI is InChI=1S/C12H17N5O2/c1-4-16-6-9(5-13-16)7-17-11(8(2)3)10(12(18)19)14-15-17/h5-6,8H,4,7H2,1-3H3,(H,18,19). The SMILES string of the molecule is CCn1cc(Cn2nnc(C(=O)O)c2C(C)C)cn1. The fourth-order valence-electron chi connectivity index (χ4n) is 1.99. The molecule has 7 nitrogen and oxygen atoms in total.